The van der Waals surface area contributed by atoms with Crippen molar-refractivity contribution in [2.45, 2.75) is 25.7 Å². The van der Waals surface area contributed by atoms with Crippen molar-refractivity contribution in [3.8, 4) is 10.6 Å². The third-order valence-corrected chi connectivity index (χ3v) is 8.37. The van der Waals surface area contributed by atoms with Crippen molar-refractivity contribution in [2.75, 3.05) is 5.32 Å². The third kappa shape index (κ3) is 4.04. The van der Waals surface area contributed by atoms with E-state index in [0.717, 1.165) is 62.8 Å². The van der Waals surface area contributed by atoms with Crippen molar-refractivity contribution < 1.29 is 9.72 Å². The minimum atomic E-state index is -0.428. The van der Waals surface area contributed by atoms with Crippen LogP contribution in [-0.4, -0.2) is 15.8 Å². The van der Waals surface area contributed by atoms with E-state index >= 15 is 0 Å². The van der Waals surface area contributed by atoms with Gasteiger partial charge in [-0.1, -0.05) is 23.5 Å². The number of hydrogen-bond acceptors (Lipinski definition) is 7. The smallest absolute Gasteiger partial charge is 0.313 e. The van der Waals surface area contributed by atoms with Gasteiger partial charge in [0.15, 0.2) is 0 Å². The van der Waals surface area contributed by atoms with Crippen molar-refractivity contribution in [3.63, 3.8) is 0 Å². The Balaban J connectivity index is 1.45. The molecular weight excluding hydrogens is 450 g/mol. The van der Waals surface area contributed by atoms with E-state index in [4.69, 9.17) is 4.98 Å². The fourth-order valence-corrected chi connectivity index (χ4v) is 6.83. The predicted octanol–water partition coefficient (Wildman–Crippen LogP) is 6.53. The molecule has 31 heavy (non-hydrogen) atoms. The van der Waals surface area contributed by atoms with Crippen LogP contribution in [-0.2, 0) is 17.6 Å². The zero-order valence-electron chi connectivity index (χ0n) is 16.3. The van der Waals surface area contributed by atoms with Crippen molar-refractivity contribution in [1.82, 2.24) is 4.98 Å². The molecule has 0 saturated carbocycles. The van der Waals surface area contributed by atoms with E-state index in [1.165, 1.54) is 22.6 Å². The molecule has 3 aromatic heterocycles. The standard InChI is InChI=1S/C22H17N3O3S3/c26-18(11-9-13-10-12-19(29-13)25(27)28)24-22-20(14-5-1-3-7-16(14)30-22)21-23-15-6-2-4-8-17(15)31-21/h2,4,6,8-12H,1,3,5,7H2,(H,24,26). The van der Waals surface area contributed by atoms with Crippen molar-refractivity contribution >= 4 is 66.2 Å². The van der Waals surface area contributed by atoms with Gasteiger partial charge in [0.05, 0.1) is 15.1 Å². The van der Waals surface area contributed by atoms with E-state index < -0.39 is 4.92 Å². The topological polar surface area (TPSA) is 85.1 Å². The van der Waals surface area contributed by atoms with Crippen LogP contribution in [0.4, 0.5) is 10.0 Å². The van der Waals surface area contributed by atoms with E-state index in [0.29, 0.717) is 4.88 Å². The Morgan fingerprint density at radius 1 is 1.10 bits per heavy atom. The maximum atomic E-state index is 12.7. The van der Waals surface area contributed by atoms with Gasteiger partial charge in [-0.2, -0.15) is 0 Å². The Hall–Kier alpha value is -2.88. The molecule has 0 bridgehead atoms. The summed E-state index contributed by atoms with van der Waals surface area (Å²) in [6.07, 6.45) is 7.38. The number of carbonyl (C=O) groups is 1. The number of aryl methyl sites for hydroxylation is 1. The summed E-state index contributed by atoms with van der Waals surface area (Å²) in [7, 11) is 0. The van der Waals surface area contributed by atoms with E-state index in [-0.39, 0.29) is 10.9 Å². The molecule has 6 nitrogen and oxygen atoms in total. The quantitative estimate of drug-likeness (QED) is 0.206. The molecule has 1 aliphatic carbocycles. The third-order valence-electron chi connectivity index (χ3n) is 5.11. The van der Waals surface area contributed by atoms with Gasteiger partial charge in [-0.05, 0) is 55.5 Å². The number of aromatic nitrogens is 1. The molecule has 1 aliphatic rings. The Kier molecular flexibility index (Phi) is 5.39. The van der Waals surface area contributed by atoms with Crippen LogP contribution in [0.25, 0.3) is 26.9 Å². The summed E-state index contributed by atoms with van der Waals surface area (Å²) in [6.45, 7) is 0. The fraction of sp³-hybridized carbons (Fsp3) is 0.182. The Morgan fingerprint density at radius 2 is 1.94 bits per heavy atom. The average Bonchev–Trinajstić information content (AvgIpc) is 3.48. The molecule has 1 amide bonds. The van der Waals surface area contributed by atoms with Crippen LogP contribution in [0.5, 0.6) is 0 Å². The molecule has 0 unspecified atom stereocenters. The van der Waals surface area contributed by atoms with Crippen molar-refractivity contribution in [3.05, 3.63) is 67.9 Å². The minimum Gasteiger partial charge on any atom is -0.313 e. The van der Waals surface area contributed by atoms with E-state index in [1.807, 2.05) is 18.2 Å². The second-order valence-corrected chi connectivity index (χ2v) is 10.4. The van der Waals surface area contributed by atoms with Crippen LogP contribution in [0.3, 0.4) is 0 Å². The van der Waals surface area contributed by atoms with E-state index in [1.54, 1.807) is 34.8 Å². The highest BCUT2D eigenvalue weighted by atomic mass is 32.1. The molecule has 0 atom stereocenters. The summed E-state index contributed by atoms with van der Waals surface area (Å²) in [5, 5.41) is 15.7. The summed E-state index contributed by atoms with van der Waals surface area (Å²) in [5.41, 5.74) is 3.33. The van der Waals surface area contributed by atoms with Crippen molar-refractivity contribution in [2.24, 2.45) is 0 Å². The van der Waals surface area contributed by atoms with Gasteiger partial charge < -0.3 is 5.32 Å². The zero-order chi connectivity index (χ0) is 21.4. The lowest BCUT2D eigenvalue weighted by Crippen LogP contribution is -2.07. The number of nitrogens with one attached hydrogen (secondary N) is 1. The second kappa shape index (κ2) is 8.33. The molecule has 0 radical (unpaired) electrons. The van der Waals surface area contributed by atoms with Gasteiger partial charge in [0.25, 0.3) is 0 Å². The van der Waals surface area contributed by atoms with Gasteiger partial charge in [0.1, 0.15) is 10.0 Å². The summed E-state index contributed by atoms with van der Waals surface area (Å²) in [5.74, 6) is -0.253. The van der Waals surface area contributed by atoms with Crippen LogP contribution >= 0.6 is 34.0 Å². The number of thiazole rings is 1. The van der Waals surface area contributed by atoms with Crippen molar-refractivity contribution in [1.29, 1.82) is 0 Å². The number of benzene rings is 1. The molecule has 0 fully saturated rings. The molecule has 4 aromatic rings. The van der Waals surface area contributed by atoms with Gasteiger partial charge in [-0.15, -0.1) is 22.7 Å². The maximum absolute atomic E-state index is 12.7. The largest absolute Gasteiger partial charge is 0.324 e. The zero-order valence-corrected chi connectivity index (χ0v) is 18.7. The minimum absolute atomic E-state index is 0.0594. The molecule has 156 valence electrons. The van der Waals surface area contributed by atoms with Gasteiger partial charge in [-0.25, -0.2) is 4.98 Å². The first-order valence-corrected chi connectivity index (χ1v) is 12.3. The Morgan fingerprint density at radius 3 is 2.74 bits per heavy atom. The number of nitro groups is 1. The SMILES string of the molecule is O=C(C=Cc1ccc([N+](=O)[O-])s1)Nc1sc2c(c1-c1nc3ccccc3s1)CCCC2. The average molecular weight is 468 g/mol. The summed E-state index contributed by atoms with van der Waals surface area (Å²) in [4.78, 5) is 29.9. The molecule has 0 saturated heterocycles. The summed E-state index contributed by atoms with van der Waals surface area (Å²) >= 11 is 4.33. The second-order valence-electron chi connectivity index (χ2n) is 7.16. The molecule has 1 aromatic carbocycles. The molecule has 0 spiro atoms. The van der Waals surface area contributed by atoms with Gasteiger partial charge in [0.2, 0.25) is 5.91 Å². The number of amides is 1. The van der Waals surface area contributed by atoms with Crippen LogP contribution in [0.2, 0.25) is 0 Å². The summed E-state index contributed by atoms with van der Waals surface area (Å²) in [6, 6.07) is 11.2. The monoisotopic (exact) mass is 467 g/mol. The maximum Gasteiger partial charge on any atom is 0.324 e. The first-order valence-electron chi connectivity index (χ1n) is 9.82. The normalized spacial score (nSPS) is 13.5. The summed E-state index contributed by atoms with van der Waals surface area (Å²) < 4.78 is 1.13. The lowest BCUT2D eigenvalue weighted by Gasteiger charge is -2.11. The number of carbonyl (C=O) groups excluding carboxylic acids is 1. The molecule has 1 N–H and O–H groups in total. The fourth-order valence-electron chi connectivity index (χ4n) is 3.70. The first kappa shape index (κ1) is 20.0. The van der Waals surface area contributed by atoms with E-state index in [9.17, 15) is 14.9 Å². The van der Waals surface area contributed by atoms with E-state index in [2.05, 4.69) is 11.4 Å². The first-order chi connectivity index (χ1) is 15.1. The molecule has 3 heterocycles. The number of thiophene rings is 2. The molecule has 5 rings (SSSR count). The number of fused-ring (bicyclic) bond motifs is 2. The van der Waals surface area contributed by atoms with Gasteiger partial charge in [0, 0.05) is 27.5 Å². The number of anilines is 1. The lowest BCUT2D eigenvalue weighted by atomic mass is 9.96. The Bertz CT molecular complexity index is 1300. The molecule has 0 aliphatic heterocycles. The number of rotatable bonds is 5. The Labute approximate surface area is 190 Å². The van der Waals surface area contributed by atoms with Crippen LogP contribution in [0.1, 0.15) is 28.2 Å². The number of hydrogen-bond donors (Lipinski definition) is 1. The highest BCUT2D eigenvalue weighted by Crippen LogP contribution is 2.46. The number of para-hydroxylation sites is 1. The lowest BCUT2D eigenvalue weighted by molar-refractivity contribution is -0.380. The van der Waals surface area contributed by atoms with Gasteiger partial charge in [-0.3, -0.25) is 14.9 Å². The van der Waals surface area contributed by atoms with Crippen LogP contribution < -0.4 is 5.32 Å². The van der Waals surface area contributed by atoms with Gasteiger partial charge >= 0.3 is 5.00 Å². The van der Waals surface area contributed by atoms with Crippen LogP contribution in [0.15, 0.2) is 42.5 Å². The molecular formula is C22H17N3O3S3. The number of nitrogens with zero attached hydrogens (tertiary/aromatic N) is 2. The highest BCUT2D eigenvalue weighted by molar-refractivity contribution is 7.23. The molecule has 9 heteroatoms. The highest BCUT2D eigenvalue weighted by Gasteiger charge is 2.24. The predicted molar refractivity (Wildman–Crippen MR) is 128 cm³/mol. The van der Waals surface area contributed by atoms with Crippen LogP contribution in [0, 0.1) is 10.1 Å².